The molecular formula is C26H29N3O3. The van der Waals surface area contributed by atoms with E-state index in [0.29, 0.717) is 23.1 Å². The molecule has 2 heterocycles. The fourth-order valence-corrected chi connectivity index (χ4v) is 4.32. The van der Waals surface area contributed by atoms with Crippen molar-refractivity contribution in [3.8, 4) is 11.5 Å². The molecule has 32 heavy (non-hydrogen) atoms. The largest absolute Gasteiger partial charge is 0.497 e. The molecule has 1 N–H and O–H groups in total. The molecule has 1 aromatic heterocycles. The normalized spacial score (nSPS) is 17.3. The number of pyridine rings is 1. The molecule has 2 aliphatic rings. The first kappa shape index (κ1) is 20.8. The average molecular weight is 432 g/mol. The van der Waals surface area contributed by atoms with E-state index in [0.717, 1.165) is 50.8 Å². The summed E-state index contributed by atoms with van der Waals surface area (Å²) in [5.41, 5.74) is 2.93. The molecule has 6 heteroatoms. The number of methoxy groups -OCH3 is 1. The highest BCUT2D eigenvalue weighted by Crippen LogP contribution is 2.30. The van der Waals surface area contributed by atoms with Gasteiger partial charge in [0, 0.05) is 43.3 Å². The maximum absolute atomic E-state index is 12.7. The summed E-state index contributed by atoms with van der Waals surface area (Å²) in [6.07, 6.45) is 5.88. The molecule has 166 valence electrons. The van der Waals surface area contributed by atoms with Crippen LogP contribution in [0.2, 0.25) is 0 Å². The lowest BCUT2D eigenvalue weighted by atomic mass is 10.0. The van der Waals surface area contributed by atoms with Crippen LogP contribution in [0.1, 0.15) is 41.6 Å². The Morgan fingerprint density at radius 1 is 1.09 bits per heavy atom. The highest BCUT2D eigenvalue weighted by atomic mass is 16.5. The van der Waals surface area contributed by atoms with E-state index in [4.69, 9.17) is 9.47 Å². The second-order valence-electron chi connectivity index (χ2n) is 8.69. The number of fused-ring (bicyclic) bond motifs is 1. The van der Waals surface area contributed by atoms with Crippen LogP contribution in [0.15, 0.2) is 54.7 Å². The minimum Gasteiger partial charge on any atom is -0.497 e. The van der Waals surface area contributed by atoms with E-state index >= 15 is 0 Å². The van der Waals surface area contributed by atoms with Crippen molar-refractivity contribution in [2.45, 2.75) is 44.4 Å². The Hall–Kier alpha value is -3.12. The molecule has 0 atom stereocenters. The Morgan fingerprint density at radius 2 is 1.94 bits per heavy atom. The number of carbonyl (C=O) groups is 1. The molecule has 1 aliphatic heterocycles. The lowest BCUT2D eigenvalue weighted by molar-refractivity contribution is 0.0890. The van der Waals surface area contributed by atoms with Gasteiger partial charge in [0.2, 0.25) is 0 Å². The van der Waals surface area contributed by atoms with E-state index in [-0.39, 0.29) is 12.0 Å². The molecule has 2 aromatic carbocycles. The van der Waals surface area contributed by atoms with Crippen LogP contribution in [0.4, 0.5) is 0 Å². The Morgan fingerprint density at radius 3 is 2.72 bits per heavy atom. The first-order valence-corrected chi connectivity index (χ1v) is 11.4. The minimum absolute atomic E-state index is 0.0628. The van der Waals surface area contributed by atoms with Crippen molar-refractivity contribution >= 4 is 16.8 Å². The number of piperidine rings is 1. The summed E-state index contributed by atoms with van der Waals surface area (Å²) in [6, 6.07) is 16.2. The Labute approximate surface area is 188 Å². The summed E-state index contributed by atoms with van der Waals surface area (Å²) in [7, 11) is 1.63. The Bertz CT molecular complexity index is 1100. The molecule has 0 unspecified atom stereocenters. The topological polar surface area (TPSA) is 63.7 Å². The van der Waals surface area contributed by atoms with Crippen LogP contribution in [-0.2, 0) is 6.54 Å². The number of aromatic nitrogens is 1. The zero-order valence-electron chi connectivity index (χ0n) is 18.4. The standard InChI is InChI=1S/C26H29N3O3/c1-31-21-9-10-23(26(30)28-19-7-8-19)25(16-21)32-20-11-14-29(15-12-20)17-18-4-2-6-24-22(18)5-3-13-27-24/h2-6,9-10,13,16,19-20H,7-8,11-12,14-15,17H2,1H3,(H,28,30). The summed E-state index contributed by atoms with van der Waals surface area (Å²) < 4.78 is 11.7. The zero-order valence-corrected chi connectivity index (χ0v) is 18.4. The summed E-state index contributed by atoms with van der Waals surface area (Å²) >= 11 is 0. The number of nitrogens with zero attached hydrogens (tertiary/aromatic N) is 2. The van der Waals surface area contributed by atoms with Gasteiger partial charge in [0.05, 0.1) is 18.2 Å². The number of hydrogen-bond acceptors (Lipinski definition) is 5. The predicted molar refractivity (Wildman–Crippen MR) is 124 cm³/mol. The minimum atomic E-state index is -0.0628. The number of carbonyl (C=O) groups excluding carboxylic acids is 1. The first-order valence-electron chi connectivity index (χ1n) is 11.4. The molecule has 3 aromatic rings. The number of likely N-dealkylation sites (tertiary alicyclic amines) is 1. The van der Waals surface area contributed by atoms with Crippen molar-refractivity contribution in [3.05, 3.63) is 65.9 Å². The number of rotatable bonds is 7. The highest BCUT2D eigenvalue weighted by Gasteiger charge is 2.27. The van der Waals surface area contributed by atoms with Gasteiger partial charge in [0.1, 0.15) is 17.6 Å². The molecule has 1 saturated carbocycles. The van der Waals surface area contributed by atoms with Crippen LogP contribution in [0.3, 0.4) is 0 Å². The predicted octanol–water partition coefficient (Wildman–Crippen LogP) is 4.18. The fraction of sp³-hybridized carbons (Fsp3) is 0.385. The van der Waals surface area contributed by atoms with E-state index in [1.165, 1.54) is 10.9 Å². The fourth-order valence-electron chi connectivity index (χ4n) is 4.32. The Balaban J connectivity index is 1.23. The van der Waals surface area contributed by atoms with Crippen molar-refractivity contribution in [2.75, 3.05) is 20.2 Å². The summed E-state index contributed by atoms with van der Waals surface area (Å²) in [4.78, 5) is 19.6. The van der Waals surface area contributed by atoms with Crippen molar-refractivity contribution in [2.24, 2.45) is 0 Å². The molecule has 2 fully saturated rings. The van der Waals surface area contributed by atoms with Gasteiger partial charge in [0.15, 0.2) is 0 Å². The third-order valence-electron chi connectivity index (χ3n) is 6.30. The molecule has 0 radical (unpaired) electrons. The van der Waals surface area contributed by atoms with Crippen molar-refractivity contribution in [1.82, 2.24) is 15.2 Å². The maximum Gasteiger partial charge on any atom is 0.255 e. The highest BCUT2D eigenvalue weighted by molar-refractivity contribution is 5.97. The van der Waals surface area contributed by atoms with Gasteiger partial charge in [-0.15, -0.1) is 0 Å². The number of amides is 1. The third kappa shape index (κ3) is 4.70. The quantitative estimate of drug-likeness (QED) is 0.608. The van der Waals surface area contributed by atoms with Crippen LogP contribution in [0, 0.1) is 0 Å². The van der Waals surface area contributed by atoms with Gasteiger partial charge < -0.3 is 14.8 Å². The van der Waals surface area contributed by atoms with Crippen LogP contribution in [0.5, 0.6) is 11.5 Å². The van der Waals surface area contributed by atoms with Gasteiger partial charge in [0.25, 0.3) is 5.91 Å². The van der Waals surface area contributed by atoms with Crippen LogP contribution in [-0.4, -0.2) is 48.1 Å². The molecule has 6 nitrogen and oxygen atoms in total. The molecule has 1 aliphatic carbocycles. The zero-order chi connectivity index (χ0) is 21.9. The number of benzene rings is 2. The second kappa shape index (κ2) is 9.17. The number of hydrogen-bond donors (Lipinski definition) is 1. The average Bonchev–Trinajstić information content (AvgIpc) is 3.64. The van der Waals surface area contributed by atoms with Gasteiger partial charge in [-0.3, -0.25) is 14.7 Å². The number of ether oxygens (including phenoxy) is 2. The lowest BCUT2D eigenvalue weighted by Crippen LogP contribution is -2.38. The van der Waals surface area contributed by atoms with Gasteiger partial charge in [-0.1, -0.05) is 18.2 Å². The molecule has 0 bridgehead atoms. The molecule has 0 spiro atoms. The molecule has 1 saturated heterocycles. The van der Waals surface area contributed by atoms with Crippen LogP contribution < -0.4 is 14.8 Å². The lowest BCUT2D eigenvalue weighted by Gasteiger charge is -2.32. The van der Waals surface area contributed by atoms with Crippen molar-refractivity contribution < 1.29 is 14.3 Å². The van der Waals surface area contributed by atoms with E-state index in [9.17, 15) is 4.79 Å². The van der Waals surface area contributed by atoms with Crippen LogP contribution in [0.25, 0.3) is 10.9 Å². The van der Waals surface area contributed by atoms with Gasteiger partial charge in [-0.05, 0) is 55.5 Å². The van der Waals surface area contributed by atoms with Gasteiger partial charge in [-0.25, -0.2) is 0 Å². The van der Waals surface area contributed by atoms with E-state index in [2.05, 4.69) is 39.5 Å². The van der Waals surface area contributed by atoms with E-state index in [1.54, 1.807) is 13.2 Å². The third-order valence-corrected chi connectivity index (χ3v) is 6.30. The summed E-state index contributed by atoms with van der Waals surface area (Å²) in [5.74, 6) is 1.25. The SMILES string of the molecule is COc1ccc(C(=O)NC2CC2)c(OC2CCN(Cc3cccc4ncccc34)CC2)c1. The molecule has 5 rings (SSSR count). The van der Waals surface area contributed by atoms with E-state index < -0.39 is 0 Å². The van der Waals surface area contributed by atoms with E-state index in [1.807, 2.05) is 24.4 Å². The number of nitrogens with one attached hydrogen (secondary N) is 1. The van der Waals surface area contributed by atoms with Crippen molar-refractivity contribution in [1.29, 1.82) is 0 Å². The summed E-state index contributed by atoms with van der Waals surface area (Å²) in [5, 5.41) is 4.28. The monoisotopic (exact) mass is 431 g/mol. The van der Waals surface area contributed by atoms with Crippen molar-refractivity contribution in [3.63, 3.8) is 0 Å². The van der Waals surface area contributed by atoms with Gasteiger partial charge >= 0.3 is 0 Å². The first-order chi connectivity index (χ1) is 15.7. The van der Waals surface area contributed by atoms with Crippen LogP contribution >= 0.6 is 0 Å². The second-order valence-corrected chi connectivity index (χ2v) is 8.69. The smallest absolute Gasteiger partial charge is 0.255 e. The maximum atomic E-state index is 12.7. The van der Waals surface area contributed by atoms with Gasteiger partial charge in [-0.2, -0.15) is 0 Å². The summed E-state index contributed by atoms with van der Waals surface area (Å²) in [6.45, 7) is 2.81. The molecule has 1 amide bonds. The Kier molecular flexibility index (Phi) is 5.95. The molecular weight excluding hydrogens is 402 g/mol.